The Labute approximate surface area is 147 Å². The van der Waals surface area contributed by atoms with Crippen LogP contribution >= 0.6 is 11.6 Å². The number of ether oxygens (including phenoxy) is 1. The number of amides is 2. The summed E-state index contributed by atoms with van der Waals surface area (Å²) in [5.74, 6) is 0.767. The van der Waals surface area contributed by atoms with Gasteiger partial charge in [-0.25, -0.2) is 0 Å². The van der Waals surface area contributed by atoms with Crippen molar-refractivity contribution < 1.29 is 14.3 Å². The van der Waals surface area contributed by atoms with Gasteiger partial charge >= 0.3 is 0 Å². The van der Waals surface area contributed by atoms with E-state index in [4.69, 9.17) is 16.3 Å². The maximum Gasteiger partial charge on any atom is 0.226 e. The SMILES string of the molecule is O=C(NCCN1CCCCCC1=O)C1COc2ccc(Cl)cc2C1. The van der Waals surface area contributed by atoms with Crippen LogP contribution in [0.3, 0.4) is 0 Å². The van der Waals surface area contributed by atoms with Crippen LogP contribution in [0.1, 0.15) is 31.2 Å². The molecule has 1 aromatic rings. The maximum atomic E-state index is 12.4. The second-order valence-electron chi connectivity index (χ2n) is 6.45. The van der Waals surface area contributed by atoms with Crippen molar-refractivity contribution in [2.45, 2.75) is 32.1 Å². The van der Waals surface area contributed by atoms with Crippen molar-refractivity contribution in [3.05, 3.63) is 28.8 Å². The maximum absolute atomic E-state index is 12.4. The van der Waals surface area contributed by atoms with Crippen LogP contribution < -0.4 is 10.1 Å². The van der Waals surface area contributed by atoms with Crippen LogP contribution in [-0.2, 0) is 16.0 Å². The van der Waals surface area contributed by atoms with Gasteiger partial charge in [-0.2, -0.15) is 0 Å². The highest BCUT2D eigenvalue weighted by Gasteiger charge is 2.26. The molecule has 0 aliphatic carbocycles. The summed E-state index contributed by atoms with van der Waals surface area (Å²) in [5.41, 5.74) is 0.969. The van der Waals surface area contributed by atoms with E-state index in [1.165, 1.54) is 0 Å². The Hall–Kier alpha value is -1.75. The van der Waals surface area contributed by atoms with Crippen molar-refractivity contribution >= 4 is 23.4 Å². The Morgan fingerprint density at radius 3 is 3.08 bits per heavy atom. The van der Waals surface area contributed by atoms with Crippen LogP contribution in [0.5, 0.6) is 5.75 Å². The minimum absolute atomic E-state index is 0.0251. The zero-order chi connectivity index (χ0) is 16.9. The molecule has 1 atom stereocenters. The molecule has 0 bridgehead atoms. The van der Waals surface area contributed by atoms with Gasteiger partial charge in [0.1, 0.15) is 12.4 Å². The van der Waals surface area contributed by atoms with Gasteiger partial charge in [-0.15, -0.1) is 0 Å². The van der Waals surface area contributed by atoms with Crippen molar-refractivity contribution in [3.63, 3.8) is 0 Å². The first-order valence-corrected chi connectivity index (χ1v) is 8.98. The van der Waals surface area contributed by atoms with Crippen LogP contribution in [0.2, 0.25) is 5.02 Å². The number of nitrogens with one attached hydrogen (secondary N) is 1. The third-order valence-electron chi connectivity index (χ3n) is 4.65. The first-order chi connectivity index (χ1) is 11.6. The van der Waals surface area contributed by atoms with E-state index in [0.29, 0.717) is 37.6 Å². The van der Waals surface area contributed by atoms with Crippen molar-refractivity contribution in [2.75, 3.05) is 26.2 Å². The van der Waals surface area contributed by atoms with E-state index in [-0.39, 0.29) is 17.7 Å². The summed E-state index contributed by atoms with van der Waals surface area (Å²) in [6.45, 7) is 2.25. The Balaban J connectivity index is 1.48. The Bertz CT molecular complexity index is 620. The summed E-state index contributed by atoms with van der Waals surface area (Å²) in [5, 5.41) is 3.59. The van der Waals surface area contributed by atoms with Crippen molar-refractivity contribution in [2.24, 2.45) is 5.92 Å². The van der Waals surface area contributed by atoms with Gasteiger partial charge in [0, 0.05) is 31.1 Å². The minimum atomic E-state index is -0.212. The van der Waals surface area contributed by atoms with Gasteiger partial charge in [-0.3, -0.25) is 9.59 Å². The number of hydrogen-bond acceptors (Lipinski definition) is 3. The zero-order valence-electron chi connectivity index (χ0n) is 13.7. The fraction of sp³-hybridized carbons (Fsp3) is 0.556. The molecule has 130 valence electrons. The van der Waals surface area contributed by atoms with Crippen LogP contribution in [0.25, 0.3) is 0 Å². The molecule has 2 aliphatic heterocycles. The average molecular weight is 351 g/mol. The lowest BCUT2D eigenvalue weighted by Crippen LogP contribution is -2.42. The van der Waals surface area contributed by atoms with E-state index in [0.717, 1.165) is 37.1 Å². The smallest absolute Gasteiger partial charge is 0.226 e. The molecule has 1 N–H and O–H groups in total. The molecule has 1 fully saturated rings. The van der Waals surface area contributed by atoms with Crippen molar-refractivity contribution in [3.8, 4) is 5.75 Å². The molecule has 2 amide bonds. The quantitative estimate of drug-likeness (QED) is 0.907. The number of rotatable bonds is 4. The second-order valence-corrected chi connectivity index (χ2v) is 6.88. The minimum Gasteiger partial charge on any atom is -0.492 e. The van der Waals surface area contributed by atoms with Crippen LogP contribution in [0.4, 0.5) is 0 Å². The van der Waals surface area contributed by atoms with Gasteiger partial charge in [0.2, 0.25) is 11.8 Å². The molecule has 3 rings (SSSR count). The van der Waals surface area contributed by atoms with E-state index in [9.17, 15) is 9.59 Å². The molecular formula is C18H23ClN2O3. The average Bonchev–Trinajstić information content (AvgIpc) is 2.78. The van der Waals surface area contributed by atoms with Crippen molar-refractivity contribution in [1.82, 2.24) is 10.2 Å². The number of likely N-dealkylation sites (tertiary alicyclic amines) is 1. The van der Waals surface area contributed by atoms with E-state index < -0.39 is 0 Å². The molecule has 24 heavy (non-hydrogen) atoms. The lowest BCUT2D eigenvalue weighted by molar-refractivity contribution is -0.131. The predicted molar refractivity (Wildman–Crippen MR) is 92.2 cm³/mol. The number of fused-ring (bicyclic) bond motifs is 1. The van der Waals surface area contributed by atoms with Crippen LogP contribution in [-0.4, -0.2) is 43.0 Å². The van der Waals surface area contributed by atoms with Crippen LogP contribution in [0.15, 0.2) is 18.2 Å². The number of carbonyl (C=O) groups is 2. The Morgan fingerprint density at radius 1 is 1.33 bits per heavy atom. The van der Waals surface area contributed by atoms with Gasteiger partial charge in [0.25, 0.3) is 0 Å². The second kappa shape index (κ2) is 7.88. The van der Waals surface area contributed by atoms with Gasteiger partial charge in [0.15, 0.2) is 0 Å². The third-order valence-corrected chi connectivity index (χ3v) is 4.89. The van der Waals surface area contributed by atoms with E-state index in [2.05, 4.69) is 5.32 Å². The molecular weight excluding hydrogens is 328 g/mol. The van der Waals surface area contributed by atoms with Gasteiger partial charge in [0.05, 0.1) is 5.92 Å². The molecule has 1 aromatic carbocycles. The first-order valence-electron chi connectivity index (χ1n) is 8.60. The molecule has 1 unspecified atom stereocenters. The van der Waals surface area contributed by atoms with Gasteiger partial charge in [-0.1, -0.05) is 18.0 Å². The van der Waals surface area contributed by atoms with E-state index in [1.807, 2.05) is 17.0 Å². The summed E-state index contributed by atoms with van der Waals surface area (Å²) in [7, 11) is 0. The highest BCUT2D eigenvalue weighted by molar-refractivity contribution is 6.30. The molecule has 0 spiro atoms. The molecule has 2 aliphatic rings. The number of halogens is 1. The topological polar surface area (TPSA) is 58.6 Å². The third kappa shape index (κ3) is 4.20. The summed E-state index contributed by atoms with van der Waals surface area (Å²) in [6, 6.07) is 5.49. The fourth-order valence-electron chi connectivity index (χ4n) is 3.26. The summed E-state index contributed by atoms with van der Waals surface area (Å²) in [4.78, 5) is 26.2. The fourth-order valence-corrected chi connectivity index (χ4v) is 3.46. The van der Waals surface area contributed by atoms with E-state index >= 15 is 0 Å². The largest absolute Gasteiger partial charge is 0.492 e. The number of nitrogens with zero attached hydrogens (tertiary/aromatic N) is 1. The molecule has 0 aromatic heterocycles. The lowest BCUT2D eigenvalue weighted by atomic mass is 9.96. The normalized spacial score (nSPS) is 20.8. The highest BCUT2D eigenvalue weighted by Crippen LogP contribution is 2.29. The summed E-state index contributed by atoms with van der Waals surface area (Å²) >= 11 is 6.01. The van der Waals surface area contributed by atoms with Crippen molar-refractivity contribution in [1.29, 1.82) is 0 Å². The Kier molecular flexibility index (Phi) is 5.61. The summed E-state index contributed by atoms with van der Waals surface area (Å²) in [6.07, 6.45) is 4.39. The number of hydrogen-bond donors (Lipinski definition) is 1. The van der Waals surface area contributed by atoms with Gasteiger partial charge < -0.3 is 15.0 Å². The molecule has 6 heteroatoms. The molecule has 2 heterocycles. The number of benzene rings is 1. The van der Waals surface area contributed by atoms with E-state index in [1.54, 1.807) is 6.07 Å². The summed E-state index contributed by atoms with van der Waals surface area (Å²) < 4.78 is 5.66. The molecule has 0 radical (unpaired) electrons. The zero-order valence-corrected chi connectivity index (χ0v) is 14.5. The molecule has 0 saturated carbocycles. The highest BCUT2D eigenvalue weighted by atomic mass is 35.5. The lowest BCUT2D eigenvalue weighted by Gasteiger charge is -2.25. The van der Waals surface area contributed by atoms with Crippen LogP contribution in [0, 0.1) is 5.92 Å². The predicted octanol–water partition coefficient (Wildman–Crippen LogP) is 2.41. The standard InChI is InChI=1S/C18H23ClN2O3/c19-15-5-6-16-13(11-15)10-14(12-24-16)18(23)20-7-9-21-8-3-1-2-4-17(21)22/h5-6,11,14H,1-4,7-10,12H2,(H,20,23). The van der Waals surface area contributed by atoms with Gasteiger partial charge in [-0.05, 0) is 43.0 Å². The molecule has 1 saturated heterocycles. The monoisotopic (exact) mass is 350 g/mol. The Morgan fingerprint density at radius 2 is 2.21 bits per heavy atom. The number of carbonyl (C=O) groups excluding carboxylic acids is 2. The first kappa shape index (κ1) is 17.1. The molecule has 5 nitrogen and oxygen atoms in total.